The smallest absolute Gasteiger partial charge is 0.237 e. The standard InChI is InChI=1S/C12H18OSi/c1-4-14(3,5-2)13-12-10-6-7-11(12)9-8-10/h4-7,10-12H,1-2,8-9H2,3H3. The average Bonchev–Trinajstić information content (AvgIpc) is 2.78. The van der Waals surface area contributed by atoms with Gasteiger partial charge in [-0.15, -0.1) is 13.2 Å². The van der Waals surface area contributed by atoms with Crippen LogP contribution in [0.3, 0.4) is 0 Å². The van der Waals surface area contributed by atoms with Crippen LogP contribution in [0.15, 0.2) is 36.7 Å². The van der Waals surface area contributed by atoms with Crippen molar-refractivity contribution >= 4 is 8.32 Å². The predicted molar refractivity (Wildman–Crippen MR) is 62.2 cm³/mol. The van der Waals surface area contributed by atoms with E-state index in [0.29, 0.717) is 17.9 Å². The van der Waals surface area contributed by atoms with Gasteiger partial charge in [-0.05, 0) is 19.4 Å². The van der Waals surface area contributed by atoms with E-state index in [2.05, 4.69) is 31.9 Å². The first-order chi connectivity index (χ1) is 6.68. The molecule has 2 aliphatic rings. The lowest BCUT2D eigenvalue weighted by atomic mass is 10.1. The van der Waals surface area contributed by atoms with Gasteiger partial charge in [-0.3, -0.25) is 0 Å². The molecule has 0 N–H and O–H groups in total. The van der Waals surface area contributed by atoms with Crippen molar-refractivity contribution in [1.29, 1.82) is 0 Å². The molecular weight excluding hydrogens is 188 g/mol. The van der Waals surface area contributed by atoms with Crippen LogP contribution in [-0.2, 0) is 4.43 Å². The lowest BCUT2D eigenvalue weighted by Gasteiger charge is -2.27. The highest BCUT2D eigenvalue weighted by Crippen LogP contribution is 2.42. The number of hydrogen-bond acceptors (Lipinski definition) is 1. The Labute approximate surface area is 87.3 Å². The van der Waals surface area contributed by atoms with E-state index >= 15 is 0 Å². The van der Waals surface area contributed by atoms with Gasteiger partial charge in [-0.2, -0.15) is 0 Å². The average molecular weight is 206 g/mol. The zero-order valence-electron chi connectivity index (χ0n) is 8.78. The molecule has 2 unspecified atom stereocenters. The van der Waals surface area contributed by atoms with Crippen LogP contribution in [0.4, 0.5) is 0 Å². The third kappa shape index (κ3) is 1.53. The molecule has 0 heterocycles. The highest BCUT2D eigenvalue weighted by atomic mass is 28.4. The summed E-state index contributed by atoms with van der Waals surface area (Å²) in [5.74, 6) is 1.32. The van der Waals surface area contributed by atoms with Crippen LogP contribution in [0, 0.1) is 11.8 Å². The van der Waals surface area contributed by atoms with Crippen molar-refractivity contribution in [2.45, 2.75) is 25.5 Å². The summed E-state index contributed by atoms with van der Waals surface area (Å²) in [6.45, 7) is 9.88. The zero-order chi connectivity index (χ0) is 10.2. The fourth-order valence-corrected chi connectivity index (χ4v) is 3.67. The van der Waals surface area contributed by atoms with Gasteiger partial charge in [0.15, 0.2) is 0 Å². The van der Waals surface area contributed by atoms with Gasteiger partial charge in [-0.25, -0.2) is 0 Å². The number of fused-ring (bicyclic) bond motifs is 2. The molecule has 0 amide bonds. The van der Waals surface area contributed by atoms with E-state index in [1.807, 2.05) is 11.4 Å². The van der Waals surface area contributed by atoms with Gasteiger partial charge in [0, 0.05) is 11.8 Å². The summed E-state index contributed by atoms with van der Waals surface area (Å²) < 4.78 is 6.22. The normalized spacial score (nSPS) is 34.8. The largest absolute Gasteiger partial charge is 0.405 e. The molecule has 2 bridgehead atoms. The second-order valence-electron chi connectivity index (χ2n) is 4.46. The van der Waals surface area contributed by atoms with Crippen molar-refractivity contribution in [1.82, 2.24) is 0 Å². The minimum Gasteiger partial charge on any atom is -0.405 e. The van der Waals surface area contributed by atoms with E-state index < -0.39 is 8.32 Å². The van der Waals surface area contributed by atoms with Crippen LogP contribution in [0.1, 0.15) is 12.8 Å². The summed E-state index contributed by atoms with van der Waals surface area (Å²) in [5.41, 5.74) is 3.94. The van der Waals surface area contributed by atoms with Crippen LogP contribution >= 0.6 is 0 Å². The van der Waals surface area contributed by atoms with Gasteiger partial charge in [0.1, 0.15) is 0 Å². The molecule has 2 heteroatoms. The fraction of sp³-hybridized carbons (Fsp3) is 0.500. The molecule has 0 spiro atoms. The van der Waals surface area contributed by atoms with Crippen LogP contribution in [0.5, 0.6) is 0 Å². The first-order valence-corrected chi connectivity index (χ1v) is 7.88. The molecule has 0 saturated heterocycles. The molecule has 1 saturated carbocycles. The van der Waals surface area contributed by atoms with Crippen molar-refractivity contribution in [3.63, 3.8) is 0 Å². The topological polar surface area (TPSA) is 9.23 Å². The Bertz CT molecular complexity index is 260. The van der Waals surface area contributed by atoms with Gasteiger partial charge in [0.05, 0.1) is 6.10 Å². The van der Waals surface area contributed by atoms with E-state index in [-0.39, 0.29) is 0 Å². The van der Waals surface area contributed by atoms with Crippen molar-refractivity contribution < 1.29 is 4.43 Å². The Balaban J connectivity index is 2.05. The first kappa shape index (κ1) is 9.93. The molecular formula is C12H18OSi. The van der Waals surface area contributed by atoms with E-state index in [0.717, 1.165) is 0 Å². The molecule has 0 aromatic rings. The quantitative estimate of drug-likeness (QED) is 0.507. The summed E-state index contributed by atoms with van der Waals surface area (Å²) in [6, 6.07) is 0. The molecule has 76 valence electrons. The summed E-state index contributed by atoms with van der Waals surface area (Å²) in [5, 5.41) is 0. The molecule has 2 aliphatic carbocycles. The summed E-state index contributed by atoms with van der Waals surface area (Å²) in [4.78, 5) is 0. The minimum absolute atomic E-state index is 0.419. The van der Waals surface area contributed by atoms with Crippen molar-refractivity contribution in [2.24, 2.45) is 11.8 Å². The summed E-state index contributed by atoms with van der Waals surface area (Å²) in [7, 11) is -1.82. The Morgan fingerprint density at radius 3 is 2.07 bits per heavy atom. The van der Waals surface area contributed by atoms with Gasteiger partial charge in [0.25, 0.3) is 0 Å². The molecule has 0 radical (unpaired) electrons. The molecule has 2 rings (SSSR count). The maximum atomic E-state index is 6.22. The monoisotopic (exact) mass is 206 g/mol. The molecule has 0 aromatic carbocycles. The maximum absolute atomic E-state index is 6.22. The van der Waals surface area contributed by atoms with Crippen LogP contribution < -0.4 is 0 Å². The third-order valence-electron chi connectivity index (χ3n) is 3.48. The van der Waals surface area contributed by atoms with Crippen LogP contribution in [0.25, 0.3) is 0 Å². The highest BCUT2D eigenvalue weighted by molar-refractivity contribution is 6.82. The Morgan fingerprint density at radius 1 is 1.21 bits per heavy atom. The molecule has 1 nitrogen and oxygen atoms in total. The van der Waals surface area contributed by atoms with E-state index in [1.54, 1.807) is 0 Å². The fourth-order valence-electron chi connectivity index (χ4n) is 2.38. The first-order valence-electron chi connectivity index (χ1n) is 5.32. The summed E-state index contributed by atoms with van der Waals surface area (Å²) in [6.07, 6.45) is 7.65. The minimum atomic E-state index is -1.82. The van der Waals surface area contributed by atoms with Crippen molar-refractivity contribution in [3.8, 4) is 0 Å². The maximum Gasteiger partial charge on any atom is 0.237 e. The van der Waals surface area contributed by atoms with Gasteiger partial charge < -0.3 is 4.43 Å². The van der Waals surface area contributed by atoms with Gasteiger partial charge in [0.2, 0.25) is 8.32 Å². The Morgan fingerprint density at radius 2 is 1.71 bits per heavy atom. The van der Waals surface area contributed by atoms with Gasteiger partial charge >= 0.3 is 0 Å². The molecule has 0 aromatic heterocycles. The zero-order valence-corrected chi connectivity index (χ0v) is 9.78. The van der Waals surface area contributed by atoms with Crippen molar-refractivity contribution in [3.05, 3.63) is 36.7 Å². The van der Waals surface area contributed by atoms with E-state index in [1.165, 1.54) is 12.8 Å². The third-order valence-corrected chi connectivity index (χ3v) is 5.88. The lowest BCUT2D eigenvalue weighted by molar-refractivity contribution is 0.160. The Hall–Kier alpha value is -0.603. The molecule has 1 fully saturated rings. The molecule has 14 heavy (non-hydrogen) atoms. The SMILES string of the molecule is C=C[Si](C)(C=C)OC1C2C=CC1CC2. The summed E-state index contributed by atoms with van der Waals surface area (Å²) >= 11 is 0. The molecule has 0 aliphatic heterocycles. The van der Waals surface area contributed by atoms with E-state index in [4.69, 9.17) is 4.43 Å². The second kappa shape index (κ2) is 3.52. The second-order valence-corrected chi connectivity index (χ2v) is 7.88. The lowest BCUT2D eigenvalue weighted by Crippen LogP contribution is -2.37. The van der Waals surface area contributed by atoms with Crippen molar-refractivity contribution in [2.75, 3.05) is 0 Å². The van der Waals surface area contributed by atoms with E-state index in [9.17, 15) is 0 Å². The molecule has 2 atom stereocenters. The predicted octanol–water partition coefficient (Wildman–Crippen LogP) is 2.99. The number of rotatable bonds is 4. The van der Waals surface area contributed by atoms with Crippen LogP contribution in [-0.4, -0.2) is 14.4 Å². The Kier molecular flexibility index (Phi) is 2.50. The number of hydrogen-bond donors (Lipinski definition) is 0. The highest BCUT2D eigenvalue weighted by Gasteiger charge is 2.41. The van der Waals surface area contributed by atoms with Gasteiger partial charge in [-0.1, -0.05) is 23.6 Å². The van der Waals surface area contributed by atoms with Crippen LogP contribution in [0.2, 0.25) is 6.55 Å².